The van der Waals surface area contributed by atoms with Gasteiger partial charge in [0.1, 0.15) is 0 Å². The van der Waals surface area contributed by atoms with E-state index in [1.807, 2.05) is 4.90 Å². The predicted octanol–water partition coefficient (Wildman–Crippen LogP) is 1.30. The van der Waals surface area contributed by atoms with Crippen molar-refractivity contribution in [2.45, 2.75) is 43.7 Å². The zero-order valence-corrected chi connectivity index (χ0v) is 15.7. The van der Waals surface area contributed by atoms with Gasteiger partial charge in [-0.05, 0) is 38.8 Å². The average molecular weight is 365 g/mol. The molecule has 0 aromatic heterocycles. The maximum absolute atomic E-state index is 13.0. The number of piperazine rings is 1. The Kier molecular flexibility index (Phi) is 5.46. The molecule has 7 heteroatoms. The number of piperidine rings is 1. The SMILES string of the molecule is CC1NCCN(C(=O)C2CCCN(S(=O)(=O)c3ccccc3)C2)C1C. The summed E-state index contributed by atoms with van der Waals surface area (Å²) in [5.41, 5.74) is 0. The summed E-state index contributed by atoms with van der Waals surface area (Å²) >= 11 is 0. The largest absolute Gasteiger partial charge is 0.337 e. The van der Waals surface area contributed by atoms with Gasteiger partial charge >= 0.3 is 0 Å². The van der Waals surface area contributed by atoms with Gasteiger partial charge in [-0.25, -0.2) is 8.42 Å². The Morgan fingerprint density at radius 3 is 2.60 bits per heavy atom. The summed E-state index contributed by atoms with van der Waals surface area (Å²) in [6.07, 6.45) is 1.48. The van der Waals surface area contributed by atoms with Crippen LogP contribution in [-0.2, 0) is 14.8 Å². The number of sulfonamides is 1. The van der Waals surface area contributed by atoms with Crippen molar-refractivity contribution in [3.8, 4) is 0 Å². The van der Waals surface area contributed by atoms with Crippen LogP contribution < -0.4 is 5.32 Å². The van der Waals surface area contributed by atoms with Crippen LogP contribution in [0.1, 0.15) is 26.7 Å². The summed E-state index contributed by atoms with van der Waals surface area (Å²) in [7, 11) is -3.53. The van der Waals surface area contributed by atoms with Crippen molar-refractivity contribution in [3.05, 3.63) is 30.3 Å². The summed E-state index contributed by atoms with van der Waals surface area (Å²) in [6, 6.07) is 8.86. The van der Waals surface area contributed by atoms with Crippen molar-refractivity contribution in [1.82, 2.24) is 14.5 Å². The van der Waals surface area contributed by atoms with Crippen LogP contribution in [0.3, 0.4) is 0 Å². The Morgan fingerprint density at radius 2 is 1.88 bits per heavy atom. The molecule has 2 saturated heterocycles. The van der Waals surface area contributed by atoms with Crippen molar-refractivity contribution in [2.75, 3.05) is 26.2 Å². The number of hydrogen-bond acceptors (Lipinski definition) is 4. The third-order valence-corrected chi connectivity index (χ3v) is 7.31. The Balaban J connectivity index is 1.74. The second-order valence-corrected chi connectivity index (χ2v) is 8.97. The van der Waals surface area contributed by atoms with E-state index in [0.717, 1.165) is 19.4 Å². The molecule has 2 fully saturated rings. The number of nitrogens with zero attached hydrogens (tertiary/aromatic N) is 2. The molecule has 25 heavy (non-hydrogen) atoms. The molecule has 0 saturated carbocycles. The summed E-state index contributed by atoms with van der Waals surface area (Å²) < 4.78 is 27.2. The minimum Gasteiger partial charge on any atom is -0.337 e. The fraction of sp³-hybridized carbons (Fsp3) is 0.611. The van der Waals surface area contributed by atoms with Gasteiger partial charge in [0.15, 0.2) is 0 Å². The number of benzene rings is 1. The highest BCUT2D eigenvalue weighted by Crippen LogP contribution is 2.26. The number of amides is 1. The lowest BCUT2D eigenvalue weighted by Crippen LogP contribution is -2.59. The highest BCUT2D eigenvalue weighted by atomic mass is 32.2. The summed E-state index contributed by atoms with van der Waals surface area (Å²) in [6.45, 7) is 6.37. The zero-order chi connectivity index (χ0) is 18.0. The van der Waals surface area contributed by atoms with Crippen molar-refractivity contribution in [1.29, 1.82) is 0 Å². The molecule has 1 aromatic rings. The van der Waals surface area contributed by atoms with Gasteiger partial charge in [-0.2, -0.15) is 4.31 Å². The maximum atomic E-state index is 13.0. The zero-order valence-electron chi connectivity index (χ0n) is 14.9. The molecule has 3 rings (SSSR count). The molecule has 1 amide bonds. The van der Waals surface area contributed by atoms with Crippen molar-refractivity contribution >= 4 is 15.9 Å². The van der Waals surface area contributed by atoms with Crippen molar-refractivity contribution < 1.29 is 13.2 Å². The van der Waals surface area contributed by atoms with Crippen LogP contribution in [0, 0.1) is 5.92 Å². The Hall–Kier alpha value is -1.44. The van der Waals surface area contributed by atoms with Gasteiger partial charge in [0.05, 0.1) is 10.8 Å². The molecule has 2 heterocycles. The Morgan fingerprint density at radius 1 is 1.16 bits per heavy atom. The van der Waals surface area contributed by atoms with Gasteiger partial charge in [-0.1, -0.05) is 18.2 Å². The quantitative estimate of drug-likeness (QED) is 0.876. The van der Waals surface area contributed by atoms with Crippen molar-refractivity contribution in [3.63, 3.8) is 0 Å². The van der Waals surface area contributed by atoms with E-state index in [1.165, 1.54) is 4.31 Å². The van der Waals surface area contributed by atoms with Gasteiger partial charge in [0, 0.05) is 38.3 Å². The first kappa shape index (κ1) is 18.4. The molecule has 2 aliphatic rings. The fourth-order valence-corrected chi connectivity index (χ4v) is 5.25. The predicted molar refractivity (Wildman–Crippen MR) is 96.6 cm³/mol. The van der Waals surface area contributed by atoms with E-state index in [0.29, 0.717) is 18.0 Å². The van der Waals surface area contributed by atoms with Crippen LogP contribution in [0.15, 0.2) is 35.2 Å². The van der Waals surface area contributed by atoms with Crippen LogP contribution in [0.25, 0.3) is 0 Å². The van der Waals surface area contributed by atoms with E-state index in [1.54, 1.807) is 30.3 Å². The first-order valence-electron chi connectivity index (χ1n) is 9.00. The first-order chi connectivity index (χ1) is 11.9. The maximum Gasteiger partial charge on any atom is 0.243 e. The summed E-state index contributed by atoms with van der Waals surface area (Å²) in [4.78, 5) is 15.2. The third-order valence-electron chi connectivity index (χ3n) is 5.43. The van der Waals surface area contributed by atoms with Gasteiger partial charge in [-0.3, -0.25) is 4.79 Å². The normalized spacial score (nSPS) is 28.7. The molecular formula is C18H27N3O3S. The fourth-order valence-electron chi connectivity index (χ4n) is 3.71. The number of hydrogen-bond donors (Lipinski definition) is 1. The van der Waals surface area contributed by atoms with Crippen molar-refractivity contribution in [2.24, 2.45) is 5.92 Å². The Labute approximate surface area is 150 Å². The van der Waals surface area contributed by atoms with Crippen LogP contribution in [0.4, 0.5) is 0 Å². The van der Waals surface area contributed by atoms with Crippen LogP contribution in [0.5, 0.6) is 0 Å². The summed E-state index contributed by atoms with van der Waals surface area (Å²) in [5.74, 6) is -0.159. The van der Waals surface area contributed by atoms with Gasteiger partial charge in [-0.15, -0.1) is 0 Å². The molecule has 6 nitrogen and oxygen atoms in total. The lowest BCUT2D eigenvalue weighted by atomic mass is 9.96. The minimum atomic E-state index is -3.53. The number of rotatable bonds is 3. The first-order valence-corrected chi connectivity index (χ1v) is 10.4. The van der Waals surface area contributed by atoms with Crippen LogP contribution in [-0.4, -0.2) is 61.8 Å². The molecule has 0 spiro atoms. The number of carbonyl (C=O) groups is 1. The second kappa shape index (κ2) is 7.43. The lowest BCUT2D eigenvalue weighted by Gasteiger charge is -2.42. The van der Waals surface area contributed by atoms with E-state index in [4.69, 9.17) is 0 Å². The van der Waals surface area contributed by atoms with Crippen LogP contribution in [0.2, 0.25) is 0 Å². The number of nitrogens with one attached hydrogen (secondary N) is 1. The molecule has 138 valence electrons. The van der Waals surface area contributed by atoms with Gasteiger partial charge in [0.25, 0.3) is 0 Å². The van der Waals surface area contributed by atoms with E-state index in [9.17, 15) is 13.2 Å². The van der Waals surface area contributed by atoms with Crippen LogP contribution >= 0.6 is 0 Å². The molecule has 1 aromatic carbocycles. The highest BCUT2D eigenvalue weighted by Gasteiger charge is 2.37. The molecule has 2 aliphatic heterocycles. The van der Waals surface area contributed by atoms with E-state index in [2.05, 4.69) is 19.2 Å². The monoisotopic (exact) mass is 365 g/mol. The van der Waals surface area contributed by atoms with E-state index >= 15 is 0 Å². The second-order valence-electron chi connectivity index (χ2n) is 7.03. The molecule has 0 radical (unpaired) electrons. The molecule has 0 aliphatic carbocycles. The standard InChI is InChI=1S/C18H27N3O3S/c1-14-15(2)21(12-10-19-14)18(22)16-7-6-11-20(13-16)25(23,24)17-8-4-3-5-9-17/h3-5,8-9,14-16,19H,6-7,10-13H2,1-2H3. The smallest absolute Gasteiger partial charge is 0.243 e. The average Bonchev–Trinajstić information content (AvgIpc) is 2.64. The highest BCUT2D eigenvalue weighted by molar-refractivity contribution is 7.89. The molecule has 3 atom stereocenters. The molecular weight excluding hydrogens is 338 g/mol. The topological polar surface area (TPSA) is 69.7 Å². The summed E-state index contributed by atoms with van der Waals surface area (Å²) in [5, 5.41) is 3.37. The number of carbonyl (C=O) groups excluding carboxylic acids is 1. The molecule has 3 unspecified atom stereocenters. The molecule has 0 bridgehead atoms. The lowest BCUT2D eigenvalue weighted by molar-refractivity contribution is -0.140. The van der Waals surface area contributed by atoms with Gasteiger partial charge < -0.3 is 10.2 Å². The molecule has 1 N–H and O–H groups in total. The minimum absolute atomic E-state index is 0.0915. The van der Waals surface area contributed by atoms with Gasteiger partial charge in [0.2, 0.25) is 15.9 Å². The Bertz CT molecular complexity index is 708. The van der Waals surface area contributed by atoms with E-state index < -0.39 is 10.0 Å². The van der Waals surface area contributed by atoms with E-state index in [-0.39, 0.29) is 30.5 Å². The third kappa shape index (κ3) is 3.73.